The highest BCUT2D eigenvalue weighted by Crippen LogP contribution is 2.25. The third-order valence-corrected chi connectivity index (χ3v) is 3.25. The molecule has 3 aromatic rings. The molecule has 3 nitrogen and oxygen atoms in total. The number of ether oxygens (including phenoxy) is 1. The quantitative estimate of drug-likeness (QED) is 0.766. The lowest BCUT2D eigenvalue weighted by molar-refractivity contribution is 0.415. The summed E-state index contributed by atoms with van der Waals surface area (Å²) in [7, 11) is 1.67. The van der Waals surface area contributed by atoms with Gasteiger partial charge in [0.2, 0.25) is 0 Å². The van der Waals surface area contributed by atoms with E-state index in [1.807, 2.05) is 48.5 Å². The van der Waals surface area contributed by atoms with Gasteiger partial charge in [-0.05, 0) is 48.9 Å². The first-order chi connectivity index (χ1) is 9.76. The van der Waals surface area contributed by atoms with Crippen LogP contribution in [0.25, 0.3) is 10.9 Å². The molecular formula is C17H16N2O. The Labute approximate surface area is 118 Å². The highest BCUT2D eigenvalue weighted by atomic mass is 16.5. The normalized spacial score (nSPS) is 10.5. The van der Waals surface area contributed by atoms with Crippen molar-refractivity contribution in [3.05, 3.63) is 60.2 Å². The van der Waals surface area contributed by atoms with Crippen molar-refractivity contribution in [1.82, 2.24) is 4.98 Å². The van der Waals surface area contributed by atoms with Crippen LogP contribution in [0.3, 0.4) is 0 Å². The maximum Gasteiger partial charge on any atom is 0.134 e. The summed E-state index contributed by atoms with van der Waals surface area (Å²) in [5, 5.41) is 4.43. The highest BCUT2D eigenvalue weighted by molar-refractivity contribution is 5.83. The van der Waals surface area contributed by atoms with Gasteiger partial charge in [0, 0.05) is 11.1 Å². The summed E-state index contributed by atoms with van der Waals surface area (Å²) in [5.74, 6) is 1.73. The maximum absolute atomic E-state index is 5.24. The first-order valence-corrected chi connectivity index (χ1v) is 6.54. The molecule has 0 atom stereocenters. The number of rotatable bonds is 3. The first kappa shape index (κ1) is 12.5. The molecule has 1 aromatic heterocycles. The van der Waals surface area contributed by atoms with Gasteiger partial charge >= 0.3 is 0 Å². The van der Waals surface area contributed by atoms with Crippen molar-refractivity contribution in [3.63, 3.8) is 0 Å². The molecule has 2 aromatic carbocycles. The van der Waals surface area contributed by atoms with Crippen LogP contribution < -0.4 is 10.1 Å². The Morgan fingerprint density at radius 2 is 1.80 bits per heavy atom. The van der Waals surface area contributed by atoms with Crippen LogP contribution >= 0.6 is 0 Å². The fourth-order valence-electron chi connectivity index (χ4n) is 2.17. The molecule has 1 N–H and O–H groups in total. The number of aryl methyl sites for hydroxylation is 1. The van der Waals surface area contributed by atoms with Gasteiger partial charge in [-0.2, -0.15) is 0 Å². The van der Waals surface area contributed by atoms with Crippen LogP contribution in [0.4, 0.5) is 11.5 Å². The molecule has 0 amide bonds. The van der Waals surface area contributed by atoms with Gasteiger partial charge in [0.1, 0.15) is 11.6 Å². The summed E-state index contributed by atoms with van der Waals surface area (Å²) in [4.78, 5) is 4.68. The highest BCUT2D eigenvalue weighted by Gasteiger charge is 2.05. The number of aromatic nitrogens is 1. The molecule has 0 aliphatic carbocycles. The number of hydrogen-bond acceptors (Lipinski definition) is 3. The topological polar surface area (TPSA) is 34.1 Å². The molecule has 100 valence electrons. The molecule has 3 heteroatoms. The number of benzene rings is 2. The molecule has 20 heavy (non-hydrogen) atoms. The van der Waals surface area contributed by atoms with E-state index in [0.29, 0.717) is 0 Å². The number of anilines is 2. The number of methoxy groups -OCH3 is 1. The zero-order valence-corrected chi connectivity index (χ0v) is 11.6. The third kappa shape index (κ3) is 2.43. The van der Waals surface area contributed by atoms with E-state index in [0.717, 1.165) is 33.7 Å². The first-order valence-electron chi connectivity index (χ1n) is 6.54. The van der Waals surface area contributed by atoms with Crippen molar-refractivity contribution in [2.45, 2.75) is 6.92 Å². The number of para-hydroxylation sites is 1. The minimum Gasteiger partial charge on any atom is -0.497 e. The molecule has 0 saturated carbocycles. The molecule has 0 bridgehead atoms. The fraction of sp³-hybridized carbons (Fsp3) is 0.118. The van der Waals surface area contributed by atoms with E-state index in [-0.39, 0.29) is 0 Å². The Kier molecular flexibility index (Phi) is 3.25. The predicted molar refractivity (Wildman–Crippen MR) is 82.8 cm³/mol. The molecule has 0 radical (unpaired) electrons. The average molecular weight is 264 g/mol. The predicted octanol–water partition coefficient (Wildman–Crippen LogP) is 4.30. The SMILES string of the molecule is COc1ccc2nc(Nc3ccccc3)c(C)cc2c1. The Hall–Kier alpha value is -2.55. The van der Waals surface area contributed by atoms with E-state index in [1.54, 1.807) is 7.11 Å². The molecule has 0 fully saturated rings. The summed E-state index contributed by atoms with van der Waals surface area (Å²) in [6.45, 7) is 2.05. The van der Waals surface area contributed by atoms with Crippen LogP contribution in [0.5, 0.6) is 5.75 Å². The second-order valence-electron chi connectivity index (χ2n) is 4.70. The lowest BCUT2D eigenvalue weighted by Gasteiger charge is -2.10. The van der Waals surface area contributed by atoms with Gasteiger partial charge in [0.25, 0.3) is 0 Å². The Morgan fingerprint density at radius 3 is 2.55 bits per heavy atom. The van der Waals surface area contributed by atoms with E-state index < -0.39 is 0 Å². The molecule has 3 rings (SSSR count). The van der Waals surface area contributed by atoms with Gasteiger partial charge < -0.3 is 10.1 Å². The Morgan fingerprint density at radius 1 is 1.00 bits per heavy atom. The monoisotopic (exact) mass is 264 g/mol. The van der Waals surface area contributed by atoms with Crippen molar-refractivity contribution in [2.24, 2.45) is 0 Å². The smallest absolute Gasteiger partial charge is 0.134 e. The van der Waals surface area contributed by atoms with Gasteiger partial charge in [0.15, 0.2) is 0 Å². The van der Waals surface area contributed by atoms with E-state index in [4.69, 9.17) is 4.74 Å². The average Bonchev–Trinajstić information content (AvgIpc) is 2.48. The van der Waals surface area contributed by atoms with Gasteiger partial charge in [-0.15, -0.1) is 0 Å². The fourth-order valence-corrected chi connectivity index (χ4v) is 2.17. The van der Waals surface area contributed by atoms with Crippen LogP contribution in [0.15, 0.2) is 54.6 Å². The molecule has 1 heterocycles. The molecule has 0 spiro atoms. The molecule has 0 saturated heterocycles. The summed E-state index contributed by atoms with van der Waals surface area (Å²) < 4.78 is 5.24. The van der Waals surface area contributed by atoms with Crippen molar-refractivity contribution in [1.29, 1.82) is 0 Å². The molecule has 0 aliphatic rings. The van der Waals surface area contributed by atoms with Crippen molar-refractivity contribution in [2.75, 3.05) is 12.4 Å². The lowest BCUT2D eigenvalue weighted by atomic mass is 10.1. The number of pyridine rings is 1. The van der Waals surface area contributed by atoms with Gasteiger partial charge in [-0.1, -0.05) is 18.2 Å². The molecule has 0 aliphatic heterocycles. The minimum absolute atomic E-state index is 0.850. The number of nitrogens with one attached hydrogen (secondary N) is 1. The van der Waals surface area contributed by atoms with Crippen molar-refractivity contribution in [3.8, 4) is 5.75 Å². The van der Waals surface area contributed by atoms with Crippen LogP contribution in [-0.4, -0.2) is 12.1 Å². The van der Waals surface area contributed by atoms with E-state index in [2.05, 4.69) is 23.3 Å². The standard InChI is InChI=1S/C17H16N2O/c1-12-10-13-11-15(20-2)8-9-16(13)19-17(12)18-14-6-4-3-5-7-14/h3-11H,1-2H3,(H,18,19). The van der Waals surface area contributed by atoms with Gasteiger partial charge in [-0.3, -0.25) is 0 Å². The summed E-state index contributed by atoms with van der Waals surface area (Å²) in [6, 6.07) is 18.1. The molecule has 0 unspecified atom stereocenters. The number of fused-ring (bicyclic) bond motifs is 1. The third-order valence-electron chi connectivity index (χ3n) is 3.25. The van der Waals surface area contributed by atoms with Gasteiger partial charge in [-0.25, -0.2) is 4.98 Å². The van der Waals surface area contributed by atoms with Crippen LogP contribution in [-0.2, 0) is 0 Å². The Bertz CT molecular complexity index is 739. The van der Waals surface area contributed by atoms with E-state index in [9.17, 15) is 0 Å². The zero-order chi connectivity index (χ0) is 13.9. The van der Waals surface area contributed by atoms with Crippen LogP contribution in [0.1, 0.15) is 5.56 Å². The second-order valence-corrected chi connectivity index (χ2v) is 4.70. The van der Waals surface area contributed by atoms with E-state index >= 15 is 0 Å². The van der Waals surface area contributed by atoms with E-state index in [1.165, 1.54) is 0 Å². The van der Waals surface area contributed by atoms with Crippen LogP contribution in [0.2, 0.25) is 0 Å². The van der Waals surface area contributed by atoms with Crippen molar-refractivity contribution < 1.29 is 4.74 Å². The minimum atomic E-state index is 0.850. The maximum atomic E-state index is 5.24. The lowest BCUT2D eigenvalue weighted by Crippen LogP contribution is -1.97. The Balaban J connectivity index is 2.02. The van der Waals surface area contributed by atoms with Crippen molar-refractivity contribution >= 4 is 22.4 Å². The zero-order valence-electron chi connectivity index (χ0n) is 11.6. The summed E-state index contributed by atoms with van der Waals surface area (Å²) in [6.07, 6.45) is 0. The van der Waals surface area contributed by atoms with Gasteiger partial charge in [0.05, 0.1) is 12.6 Å². The molecular weight excluding hydrogens is 248 g/mol. The summed E-state index contributed by atoms with van der Waals surface area (Å²) in [5.41, 5.74) is 3.10. The summed E-state index contributed by atoms with van der Waals surface area (Å²) >= 11 is 0. The number of nitrogens with zero attached hydrogens (tertiary/aromatic N) is 1. The second kappa shape index (κ2) is 5.21. The van der Waals surface area contributed by atoms with Crippen LogP contribution in [0, 0.1) is 6.92 Å². The largest absolute Gasteiger partial charge is 0.497 e. The number of hydrogen-bond donors (Lipinski definition) is 1.